The van der Waals surface area contributed by atoms with Crippen molar-refractivity contribution < 1.29 is 0 Å². The van der Waals surface area contributed by atoms with E-state index >= 15 is 0 Å². The first kappa shape index (κ1) is 8.95. The standard InChI is InChI=1S/C8H11Cl2N/c1-8(2,3)5-4-6(9)11-7(5)10/h4,11H,1-3H3. The number of aromatic amines is 1. The third-order valence-electron chi connectivity index (χ3n) is 1.54. The fraction of sp³-hybridized carbons (Fsp3) is 0.500. The largest absolute Gasteiger partial charge is 0.336 e. The zero-order valence-electron chi connectivity index (χ0n) is 6.83. The van der Waals surface area contributed by atoms with E-state index < -0.39 is 0 Å². The molecule has 62 valence electrons. The van der Waals surface area contributed by atoms with E-state index in [1.807, 2.05) is 6.07 Å². The second-order valence-electron chi connectivity index (χ2n) is 3.59. The maximum Gasteiger partial charge on any atom is 0.111 e. The van der Waals surface area contributed by atoms with E-state index in [4.69, 9.17) is 23.2 Å². The molecule has 0 aliphatic rings. The van der Waals surface area contributed by atoms with Crippen molar-refractivity contribution in [2.45, 2.75) is 26.2 Å². The Hall–Kier alpha value is -0.140. The van der Waals surface area contributed by atoms with Crippen LogP contribution in [-0.4, -0.2) is 4.98 Å². The van der Waals surface area contributed by atoms with Crippen molar-refractivity contribution >= 4 is 23.2 Å². The molecule has 0 aliphatic heterocycles. The molecule has 0 radical (unpaired) electrons. The summed E-state index contributed by atoms with van der Waals surface area (Å²) in [7, 11) is 0. The second kappa shape index (κ2) is 2.72. The molecule has 1 heterocycles. The molecule has 1 N–H and O–H groups in total. The molecule has 0 aromatic carbocycles. The summed E-state index contributed by atoms with van der Waals surface area (Å²) in [5.41, 5.74) is 1.12. The Morgan fingerprint density at radius 3 is 2.00 bits per heavy atom. The lowest BCUT2D eigenvalue weighted by molar-refractivity contribution is 0.591. The fourth-order valence-electron chi connectivity index (χ4n) is 0.944. The van der Waals surface area contributed by atoms with E-state index in [-0.39, 0.29) is 5.41 Å². The van der Waals surface area contributed by atoms with E-state index in [1.165, 1.54) is 0 Å². The molecule has 0 aliphatic carbocycles. The summed E-state index contributed by atoms with van der Waals surface area (Å²) >= 11 is 11.6. The number of hydrogen-bond acceptors (Lipinski definition) is 0. The Labute approximate surface area is 76.7 Å². The third-order valence-corrected chi connectivity index (χ3v) is 2.05. The van der Waals surface area contributed by atoms with Gasteiger partial charge in [-0.05, 0) is 17.0 Å². The average Bonchev–Trinajstić information content (AvgIpc) is 2.08. The third kappa shape index (κ3) is 1.91. The quantitative estimate of drug-likeness (QED) is 0.646. The highest BCUT2D eigenvalue weighted by Gasteiger charge is 2.19. The number of hydrogen-bond donors (Lipinski definition) is 1. The van der Waals surface area contributed by atoms with Gasteiger partial charge in [0.05, 0.1) is 0 Å². The van der Waals surface area contributed by atoms with Gasteiger partial charge < -0.3 is 4.98 Å². The van der Waals surface area contributed by atoms with Crippen LogP contribution in [0.4, 0.5) is 0 Å². The zero-order chi connectivity index (χ0) is 8.65. The minimum absolute atomic E-state index is 0.0563. The smallest absolute Gasteiger partial charge is 0.111 e. The maximum absolute atomic E-state index is 5.89. The first-order chi connectivity index (χ1) is 4.91. The Kier molecular flexibility index (Phi) is 2.22. The molecule has 1 aromatic rings. The highest BCUT2D eigenvalue weighted by molar-refractivity contribution is 6.33. The summed E-state index contributed by atoms with van der Waals surface area (Å²) in [5, 5.41) is 1.24. The average molecular weight is 192 g/mol. The predicted molar refractivity (Wildman–Crippen MR) is 49.5 cm³/mol. The van der Waals surface area contributed by atoms with Gasteiger partial charge in [-0.1, -0.05) is 44.0 Å². The molecule has 0 atom stereocenters. The van der Waals surface area contributed by atoms with Crippen LogP contribution in [0.2, 0.25) is 10.3 Å². The van der Waals surface area contributed by atoms with Crippen LogP contribution in [-0.2, 0) is 5.41 Å². The minimum atomic E-state index is 0.0563. The van der Waals surface area contributed by atoms with Gasteiger partial charge in [0.1, 0.15) is 10.3 Å². The Morgan fingerprint density at radius 2 is 1.82 bits per heavy atom. The molecule has 1 rings (SSSR count). The van der Waals surface area contributed by atoms with Crippen LogP contribution in [0.1, 0.15) is 26.3 Å². The molecule has 1 aromatic heterocycles. The molecular formula is C8H11Cl2N. The molecule has 0 spiro atoms. The molecule has 0 bridgehead atoms. The Bertz CT molecular complexity index is 258. The van der Waals surface area contributed by atoms with E-state index in [0.29, 0.717) is 10.3 Å². The minimum Gasteiger partial charge on any atom is -0.336 e. The SMILES string of the molecule is CC(C)(C)c1cc(Cl)[nH]c1Cl. The van der Waals surface area contributed by atoms with Crippen molar-refractivity contribution in [1.82, 2.24) is 4.98 Å². The highest BCUT2D eigenvalue weighted by atomic mass is 35.5. The summed E-state index contributed by atoms with van der Waals surface area (Å²) < 4.78 is 0. The molecule has 1 nitrogen and oxygen atoms in total. The second-order valence-corrected chi connectivity index (χ2v) is 4.38. The maximum atomic E-state index is 5.89. The summed E-state index contributed by atoms with van der Waals surface area (Å²) in [6, 6.07) is 1.86. The first-order valence-corrected chi connectivity index (χ1v) is 4.21. The first-order valence-electron chi connectivity index (χ1n) is 3.46. The summed E-state index contributed by atoms with van der Waals surface area (Å²) in [5.74, 6) is 0. The van der Waals surface area contributed by atoms with Crippen LogP contribution in [0.5, 0.6) is 0 Å². The van der Waals surface area contributed by atoms with Gasteiger partial charge in [0.15, 0.2) is 0 Å². The van der Waals surface area contributed by atoms with Gasteiger partial charge in [0.25, 0.3) is 0 Å². The molecule has 11 heavy (non-hydrogen) atoms. The van der Waals surface area contributed by atoms with E-state index in [1.54, 1.807) is 0 Å². The van der Waals surface area contributed by atoms with Crippen molar-refractivity contribution in [2.24, 2.45) is 0 Å². The van der Waals surface area contributed by atoms with Crippen molar-refractivity contribution in [3.8, 4) is 0 Å². The molecule has 0 saturated carbocycles. The van der Waals surface area contributed by atoms with Crippen LogP contribution in [0.25, 0.3) is 0 Å². The van der Waals surface area contributed by atoms with Gasteiger partial charge in [-0.3, -0.25) is 0 Å². The number of H-pyrrole nitrogens is 1. The number of halogens is 2. The number of rotatable bonds is 0. The van der Waals surface area contributed by atoms with Gasteiger partial charge >= 0.3 is 0 Å². The topological polar surface area (TPSA) is 15.8 Å². The molecule has 0 fully saturated rings. The van der Waals surface area contributed by atoms with Crippen LogP contribution < -0.4 is 0 Å². The lowest BCUT2D eigenvalue weighted by atomic mass is 9.89. The van der Waals surface area contributed by atoms with Crippen LogP contribution in [0, 0.1) is 0 Å². The van der Waals surface area contributed by atoms with E-state index in [0.717, 1.165) is 5.56 Å². The van der Waals surface area contributed by atoms with Gasteiger partial charge in [0, 0.05) is 0 Å². The van der Waals surface area contributed by atoms with Gasteiger partial charge in [-0.15, -0.1) is 0 Å². The molecule has 0 unspecified atom stereocenters. The van der Waals surface area contributed by atoms with Gasteiger partial charge in [0.2, 0.25) is 0 Å². The zero-order valence-corrected chi connectivity index (χ0v) is 8.35. The highest BCUT2D eigenvalue weighted by Crippen LogP contribution is 2.31. The molecule has 0 saturated heterocycles. The monoisotopic (exact) mass is 191 g/mol. The van der Waals surface area contributed by atoms with Crippen molar-refractivity contribution in [2.75, 3.05) is 0 Å². The summed E-state index contributed by atoms with van der Waals surface area (Å²) in [6.07, 6.45) is 0. The van der Waals surface area contributed by atoms with Crippen molar-refractivity contribution in [3.05, 3.63) is 21.9 Å². The normalized spacial score (nSPS) is 12.1. The summed E-state index contributed by atoms with van der Waals surface area (Å²) in [4.78, 5) is 2.84. The lowest BCUT2D eigenvalue weighted by Gasteiger charge is -2.16. The van der Waals surface area contributed by atoms with Crippen molar-refractivity contribution in [1.29, 1.82) is 0 Å². The van der Waals surface area contributed by atoms with Crippen LogP contribution >= 0.6 is 23.2 Å². The summed E-state index contributed by atoms with van der Waals surface area (Å²) in [6.45, 7) is 6.29. The van der Waals surface area contributed by atoms with Gasteiger partial charge in [-0.25, -0.2) is 0 Å². The van der Waals surface area contributed by atoms with Crippen LogP contribution in [0.15, 0.2) is 6.07 Å². The lowest BCUT2D eigenvalue weighted by Crippen LogP contribution is -2.10. The predicted octanol–water partition coefficient (Wildman–Crippen LogP) is 3.62. The molecular weight excluding hydrogens is 181 g/mol. The Balaban J connectivity index is 3.13. The number of aromatic nitrogens is 1. The van der Waals surface area contributed by atoms with E-state index in [2.05, 4.69) is 25.8 Å². The van der Waals surface area contributed by atoms with Crippen LogP contribution in [0.3, 0.4) is 0 Å². The molecule has 0 amide bonds. The van der Waals surface area contributed by atoms with Gasteiger partial charge in [-0.2, -0.15) is 0 Å². The molecule has 3 heteroatoms. The fourth-order valence-corrected chi connectivity index (χ4v) is 1.64. The Morgan fingerprint density at radius 1 is 1.27 bits per heavy atom. The van der Waals surface area contributed by atoms with E-state index in [9.17, 15) is 0 Å². The number of nitrogens with one attached hydrogen (secondary N) is 1. The van der Waals surface area contributed by atoms with Crippen molar-refractivity contribution in [3.63, 3.8) is 0 Å².